The molecule has 0 bridgehead atoms. The quantitative estimate of drug-likeness (QED) is 0.719. The van der Waals surface area contributed by atoms with Crippen LogP contribution < -0.4 is 0 Å². The van der Waals surface area contributed by atoms with Crippen LogP contribution in [0.15, 0.2) is 53.3 Å². The maximum Gasteiger partial charge on any atom is 0.258 e. The zero-order valence-corrected chi connectivity index (χ0v) is 13.6. The van der Waals surface area contributed by atoms with E-state index in [0.29, 0.717) is 31.3 Å². The second kappa shape index (κ2) is 7.81. The number of aromatic nitrogens is 3. The van der Waals surface area contributed by atoms with Gasteiger partial charge in [0, 0.05) is 31.0 Å². The molecule has 24 heavy (non-hydrogen) atoms. The Kier molecular flexibility index (Phi) is 5.30. The molecule has 124 valence electrons. The minimum absolute atomic E-state index is 0.0722. The van der Waals surface area contributed by atoms with Crippen LogP contribution in [0.1, 0.15) is 17.0 Å². The molecule has 1 aromatic carbocycles. The summed E-state index contributed by atoms with van der Waals surface area (Å²) in [6.45, 7) is 3.79. The van der Waals surface area contributed by atoms with E-state index < -0.39 is 0 Å². The summed E-state index contributed by atoms with van der Waals surface area (Å²) >= 11 is 0. The van der Waals surface area contributed by atoms with Crippen molar-refractivity contribution in [1.82, 2.24) is 20.0 Å². The van der Waals surface area contributed by atoms with Crippen LogP contribution in [0, 0.1) is 6.92 Å². The molecule has 0 amide bonds. The topological polar surface area (TPSA) is 75.3 Å². The van der Waals surface area contributed by atoms with Crippen molar-refractivity contribution in [2.45, 2.75) is 20.0 Å². The third-order valence-corrected chi connectivity index (χ3v) is 3.75. The van der Waals surface area contributed by atoms with Gasteiger partial charge in [-0.05, 0) is 30.2 Å². The summed E-state index contributed by atoms with van der Waals surface area (Å²) in [6.07, 6.45) is 3.56. The highest BCUT2D eigenvalue weighted by Crippen LogP contribution is 2.21. The first-order valence-electron chi connectivity index (χ1n) is 7.87. The van der Waals surface area contributed by atoms with Gasteiger partial charge in [-0.1, -0.05) is 29.4 Å². The highest BCUT2D eigenvalue weighted by atomic mass is 16.5. The average molecular weight is 324 g/mol. The zero-order valence-electron chi connectivity index (χ0n) is 13.6. The van der Waals surface area contributed by atoms with Crippen molar-refractivity contribution in [2.75, 3.05) is 13.2 Å². The molecule has 2 heterocycles. The average Bonchev–Trinajstić information content (AvgIpc) is 3.05. The van der Waals surface area contributed by atoms with E-state index in [2.05, 4.69) is 20.0 Å². The van der Waals surface area contributed by atoms with Gasteiger partial charge >= 0.3 is 0 Å². The summed E-state index contributed by atoms with van der Waals surface area (Å²) in [6, 6.07) is 11.8. The van der Waals surface area contributed by atoms with Gasteiger partial charge in [-0.15, -0.1) is 0 Å². The number of pyridine rings is 1. The van der Waals surface area contributed by atoms with Gasteiger partial charge < -0.3 is 9.63 Å². The number of hydrogen-bond donors (Lipinski definition) is 1. The molecular formula is C18H20N4O2. The number of hydrogen-bond acceptors (Lipinski definition) is 6. The van der Waals surface area contributed by atoms with E-state index in [9.17, 15) is 5.11 Å². The molecule has 0 radical (unpaired) electrons. The lowest BCUT2D eigenvalue weighted by atomic mass is 10.1. The summed E-state index contributed by atoms with van der Waals surface area (Å²) in [5.41, 5.74) is 3.11. The highest BCUT2D eigenvalue weighted by Gasteiger charge is 2.14. The number of nitrogens with zero attached hydrogens (tertiary/aromatic N) is 4. The Labute approximate surface area is 140 Å². The van der Waals surface area contributed by atoms with Gasteiger partial charge in [0.25, 0.3) is 5.89 Å². The molecule has 0 aliphatic heterocycles. The molecule has 3 rings (SSSR count). The molecule has 0 unspecified atom stereocenters. The van der Waals surface area contributed by atoms with E-state index in [1.807, 2.05) is 49.5 Å². The number of aryl methyl sites for hydroxylation is 1. The minimum atomic E-state index is 0.0722. The Bertz CT molecular complexity index is 773. The van der Waals surface area contributed by atoms with E-state index in [-0.39, 0.29) is 6.61 Å². The van der Waals surface area contributed by atoms with Crippen LogP contribution in [0.4, 0.5) is 0 Å². The maximum absolute atomic E-state index is 9.29. The number of aliphatic hydroxyl groups excluding tert-OH is 1. The van der Waals surface area contributed by atoms with Gasteiger partial charge in [-0.2, -0.15) is 4.98 Å². The molecule has 0 saturated carbocycles. The molecule has 2 aromatic heterocycles. The predicted molar refractivity (Wildman–Crippen MR) is 89.9 cm³/mol. The van der Waals surface area contributed by atoms with Gasteiger partial charge in [0.1, 0.15) is 0 Å². The maximum atomic E-state index is 9.29. The minimum Gasteiger partial charge on any atom is -0.395 e. The van der Waals surface area contributed by atoms with E-state index in [4.69, 9.17) is 4.52 Å². The monoisotopic (exact) mass is 324 g/mol. The second-order valence-corrected chi connectivity index (χ2v) is 5.63. The van der Waals surface area contributed by atoms with Crippen LogP contribution in [0.25, 0.3) is 11.5 Å². The first kappa shape index (κ1) is 16.3. The fourth-order valence-electron chi connectivity index (χ4n) is 2.55. The normalized spacial score (nSPS) is 11.1. The Hall–Kier alpha value is -2.57. The third-order valence-electron chi connectivity index (χ3n) is 3.75. The molecule has 0 saturated heterocycles. The number of benzene rings is 1. The Morgan fingerprint density at radius 2 is 2.00 bits per heavy atom. The lowest BCUT2D eigenvalue weighted by Crippen LogP contribution is -2.26. The molecule has 0 atom stereocenters. The van der Waals surface area contributed by atoms with Crippen molar-refractivity contribution in [3.8, 4) is 11.5 Å². The van der Waals surface area contributed by atoms with Crippen molar-refractivity contribution < 1.29 is 9.63 Å². The lowest BCUT2D eigenvalue weighted by molar-refractivity contribution is 0.179. The van der Waals surface area contributed by atoms with Crippen molar-refractivity contribution in [1.29, 1.82) is 0 Å². The van der Waals surface area contributed by atoms with Crippen molar-refractivity contribution in [3.05, 3.63) is 65.7 Å². The van der Waals surface area contributed by atoms with Gasteiger partial charge in [-0.25, -0.2) is 0 Å². The Morgan fingerprint density at radius 3 is 2.75 bits per heavy atom. The molecule has 1 N–H and O–H groups in total. The van der Waals surface area contributed by atoms with Crippen LogP contribution in [-0.4, -0.2) is 38.3 Å². The van der Waals surface area contributed by atoms with Crippen LogP contribution in [0.2, 0.25) is 0 Å². The SMILES string of the molecule is Cc1ccccc1-c1nc(CN(CCO)Cc2cccnc2)no1. The largest absolute Gasteiger partial charge is 0.395 e. The standard InChI is InChI=1S/C18H20N4O2/c1-14-5-2-3-7-16(14)18-20-17(21-24-18)13-22(9-10-23)12-15-6-4-8-19-11-15/h2-8,11,23H,9-10,12-13H2,1H3. The van der Waals surface area contributed by atoms with E-state index in [1.165, 1.54) is 0 Å². The smallest absolute Gasteiger partial charge is 0.258 e. The molecule has 6 nitrogen and oxygen atoms in total. The molecule has 0 fully saturated rings. The van der Waals surface area contributed by atoms with E-state index >= 15 is 0 Å². The summed E-state index contributed by atoms with van der Waals surface area (Å²) < 4.78 is 5.40. The Balaban J connectivity index is 1.73. The fourth-order valence-corrected chi connectivity index (χ4v) is 2.55. The highest BCUT2D eigenvalue weighted by molar-refractivity contribution is 5.57. The molecule has 0 aliphatic rings. The van der Waals surface area contributed by atoms with Crippen molar-refractivity contribution in [3.63, 3.8) is 0 Å². The number of aliphatic hydroxyl groups is 1. The van der Waals surface area contributed by atoms with Crippen LogP contribution in [-0.2, 0) is 13.1 Å². The van der Waals surface area contributed by atoms with Crippen molar-refractivity contribution >= 4 is 0 Å². The summed E-state index contributed by atoms with van der Waals surface area (Å²) in [5.74, 6) is 1.12. The molecular weight excluding hydrogens is 304 g/mol. The predicted octanol–water partition coefficient (Wildman–Crippen LogP) is 2.43. The number of rotatable bonds is 7. The molecule has 0 spiro atoms. The van der Waals surface area contributed by atoms with E-state index in [1.54, 1.807) is 6.20 Å². The van der Waals surface area contributed by atoms with Crippen LogP contribution in [0.5, 0.6) is 0 Å². The van der Waals surface area contributed by atoms with Crippen LogP contribution in [0.3, 0.4) is 0 Å². The fraction of sp³-hybridized carbons (Fsp3) is 0.278. The molecule has 6 heteroatoms. The Morgan fingerprint density at radius 1 is 1.12 bits per heavy atom. The second-order valence-electron chi connectivity index (χ2n) is 5.63. The van der Waals surface area contributed by atoms with E-state index in [0.717, 1.165) is 16.7 Å². The molecule has 3 aromatic rings. The first-order valence-corrected chi connectivity index (χ1v) is 7.87. The van der Waals surface area contributed by atoms with Gasteiger partial charge in [0.2, 0.25) is 0 Å². The third kappa shape index (κ3) is 4.04. The molecule has 0 aliphatic carbocycles. The van der Waals surface area contributed by atoms with Crippen LogP contribution >= 0.6 is 0 Å². The first-order chi connectivity index (χ1) is 11.8. The summed E-state index contributed by atoms with van der Waals surface area (Å²) in [7, 11) is 0. The summed E-state index contributed by atoms with van der Waals surface area (Å²) in [5, 5.41) is 13.4. The summed E-state index contributed by atoms with van der Waals surface area (Å²) in [4.78, 5) is 10.7. The lowest BCUT2D eigenvalue weighted by Gasteiger charge is -2.19. The van der Waals surface area contributed by atoms with Gasteiger partial charge in [0.15, 0.2) is 5.82 Å². The zero-order chi connectivity index (χ0) is 16.8. The van der Waals surface area contributed by atoms with Gasteiger partial charge in [-0.3, -0.25) is 9.88 Å². The van der Waals surface area contributed by atoms with Gasteiger partial charge in [0.05, 0.1) is 13.2 Å². The van der Waals surface area contributed by atoms with Crippen molar-refractivity contribution in [2.24, 2.45) is 0 Å².